The molecule has 0 bridgehead atoms. The molecule has 8 heteroatoms. The minimum Gasteiger partial charge on any atom is -0.447 e. The molecule has 156 valence electrons. The Labute approximate surface area is 171 Å². The fraction of sp³-hybridized carbons (Fsp3) is 0.429. The van der Waals surface area contributed by atoms with Crippen LogP contribution in [0.5, 0.6) is 0 Å². The maximum Gasteiger partial charge on any atom is 0.333 e. The van der Waals surface area contributed by atoms with Crippen molar-refractivity contribution in [2.75, 3.05) is 5.32 Å². The minimum atomic E-state index is -4.19. The highest BCUT2D eigenvalue weighted by atomic mass is 32.2. The van der Waals surface area contributed by atoms with Crippen LogP contribution in [0.3, 0.4) is 0 Å². The summed E-state index contributed by atoms with van der Waals surface area (Å²) in [5.74, 6) is 0.793. The number of carbonyl (C=O) groups is 1. The second-order valence-electron chi connectivity index (χ2n) is 7.91. The number of para-hydroxylation sites is 1. The summed E-state index contributed by atoms with van der Waals surface area (Å²) in [7, 11) is -4.19. The molecule has 1 aliphatic rings. The molecule has 29 heavy (non-hydrogen) atoms. The third kappa shape index (κ3) is 4.37. The summed E-state index contributed by atoms with van der Waals surface area (Å²) in [4.78, 5) is 12.6. The van der Waals surface area contributed by atoms with Crippen molar-refractivity contribution in [1.29, 1.82) is 5.41 Å². The number of benzene rings is 1. The second kappa shape index (κ2) is 8.02. The van der Waals surface area contributed by atoms with Crippen LogP contribution in [0, 0.1) is 5.41 Å². The van der Waals surface area contributed by atoms with Gasteiger partial charge in [-0.3, -0.25) is 0 Å². The van der Waals surface area contributed by atoms with Crippen LogP contribution in [0.25, 0.3) is 0 Å². The number of hydrogen-bond donors (Lipinski definition) is 3. The molecule has 0 saturated carbocycles. The molecule has 7 nitrogen and oxygen atoms in total. The smallest absolute Gasteiger partial charge is 0.333 e. The van der Waals surface area contributed by atoms with Gasteiger partial charge in [-0.05, 0) is 35.8 Å². The number of fused-ring (bicyclic) bond motifs is 1. The standard InChI is InChI=1S/C21H27N3O4S/c1-12(2)14-7-5-8-15(13(3)4)20(14)23-21(25)24-29(26,27)19-11-16-17(22)9-6-10-18(16)28-19/h5,7-8,11-13,22H,6,9-10H2,1-4H3,(H2,23,24,25). The van der Waals surface area contributed by atoms with E-state index >= 15 is 0 Å². The van der Waals surface area contributed by atoms with E-state index in [-0.39, 0.29) is 16.9 Å². The molecule has 2 aromatic rings. The van der Waals surface area contributed by atoms with Crippen molar-refractivity contribution in [1.82, 2.24) is 4.72 Å². The van der Waals surface area contributed by atoms with Crippen molar-refractivity contribution >= 4 is 27.5 Å². The molecule has 0 spiro atoms. The van der Waals surface area contributed by atoms with Gasteiger partial charge >= 0.3 is 6.03 Å². The zero-order valence-corrected chi connectivity index (χ0v) is 17.9. The van der Waals surface area contributed by atoms with Gasteiger partial charge in [-0.15, -0.1) is 0 Å². The molecule has 0 radical (unpaired) electrons. The average molecular weight is 418 g/mol. The quantitative estimate of drug-likeness (QED) is 0.652. The second-order valence-corrected chi connectivity index (χ2v) is 9.53. The number of anilines is 1. The largest absolute Gasteiger partial charge is 0.447 e. The Balaban J connectivity index is 1.85. The van der Waals surface area contributed by atoms with E-state index in [1.807, 2.05) is 50.6 Å². The number of carbonyl (C=O) groups excluding carboxylic acids is 1. The van der Waals surface area contributed by atoms with E-state index in [0.29, 0.717) is 35.6 Å². The van der Waals surface area contributed by atoms with E-state index in [1.54, 1.807) is 0 Å². The van der Waals surface area contributed by atoms with Crippen molar-refractivity contribution < 1.29 is 17.6 Å². The summed E-state index contributed by atoms with van der Waals surface area (Å²) >= 11 is 0. The highest BCUT2D eigenvalue weighted by Crippen LogP contribution is 2.32. The number of furan rings is 1. The molecule has 0 fully saturated rings. The number of rotatable bonds is 5. The predicted octanol–water partition coefficient (Wildman–Crippen LogP) is 4.74. The maximum absolute atomic E-state index is 12.7. The molecule has 1 heterocycles. The Bertz CT molecular complexity index is 1030. The normalized spacial score (nSPS) is 14.2. The first-order chi connectivity index (χ1) is 13.6. The number of nitrogens with one attached hydrogen (secondary N) is 3. The summed E-state index contributed by atoms with van der Waals surface area (Å²) in [6.45, 7) is 8.06. The molecule has 1 aromatic carbocycles. The van der Waals surface area contributed by atoms with Crippen LogP contribution >= 0.6 is 0 Å². The fourth-order valence-corrected chi connectivity index (χ4v) is 4.42. The van der Waals surface area contributed by atoms with Crippen LogP contribution in [0.15, 0.2) is 33.8 Å². The number of urea groups is 1. The molecule has 3 rings (SSSR count). The SMILES string of the molecule is CC(C)c1cccc(C(C)C)c1NC(=O)NS(=O)(=O)c1cc2c(o1)CCCC2=N. The molecule has 1 aliphatic carbocycles. The minimum absolute atomic E-state index is 0.156. The van der Waals surface area contributed by atoms with E-state index in [0.717, 1.165) is 17.5 Å². The van der Waals surface area contributed by atoms with E-state index in [9.17, 15) is 13.2 Å². The van der Waals surface area contributed by atoms with E-state index in [1.165, 1.54) is 6.07 Å². The van der Waals surface area contributed by atoms with Crippen molar-refractivity contribution in [3.05, 3.63) is 46.7 Å². The summed E-state index contributed by atoms with van der Waals surface area (Å²) in [6, 6.07) is 6.27. The molecule has 3 N–H and O–H groups in total. The molecule has 0 aliphatic heterocycles. The van der Waals surface area contributed by atoms with E-state index in [4.69, 9.17) is 9.83 Å². The first-order valence-electron chi connectivity index (χ1n) is 9.77. The van der Waals surface area contributed by atoms with Gasteiger partial charge in [0.1, 0.15) is 5.76 Å². The van der Waals surface area contributed by atoms with Crippen LogP contribution in [0.2, 0.25) is 0 Å². The topological polar surface area (TPSA) is 112 Å². The highest BCUT2D eigenvalue weighted by Gasteiger charge is 2.28. The zero-order chi connectivity index (χ0) is 21.3. The van der Waals surface area contributed by atoms with Crippen molar-refractivity contribution in [2.45, 2.75) is 63.9 Å². The van der Waals surface area contributed by atoms with Gasteiger partial charge in [-0.2, -0.15) is 8.42 Å². The Morgan fingerprint density at radius 1 is 1.10 bits per heavy atom. The third-order valence-corrected chi connectivity index (χ3v) is 6.23. The highest BCUT2D eigenvalue weighted by molar-refractivity contribution is 7.89. The van der Waals surface area contributed by atoms with Gasteiger partial charge in [-0.1, -0.05) is 45.9 Å². The van der Waals surface area contributed by atoms with Crippen LogP contribution in [-0.2, 0) is 16.4 Å². The van der Waals surface area contributed by atoms with Gasteiger partial charge in [0.05, 0.1) is 0 Å². The first-order valence-corrected chi connectivity index (χ1v) is 11.3. The summed E-state index contributed by atoms with van der Waals surface area (Å²) in [5.41, 5.74) is 3.36. The molecular formula is C21H27N3O4S. The Morgan fingerprint density at radius 3 is 2.28 bits per heavy atom. The van der Waals surface area contributed by atoms with Crippen molar-refractivity contribution in [3.8, 4) is 0 Å². The molecule has 0 saturated heterocycles. The number of hydrogen-bond acceptors (Lipinski definition) is 5. The molecule has 1 aromatic heterocycles. The lowest BCUT2D eigenvalue weighted by Gasteiger charge is -2.20. The van der Waals surface area contributed by atoms with E-state index in [2.05, 4.69) is 5.32 Å². The number of sulfonamides is 1. The van der Waals surface area contributed by atoms with Crippen LogP contribution in [-0.4, -0.2) is 20.2 Å². The fourth-order valence-electron chi connectivity index (χ4n) is 3.54. The molecule has 0 atom stereocenters. The Hall–Kier alpha value is -2.61. The van der Waals surface area contributed by atoms with Gasteiger partial charge in [-0.25, -0.2) is 9.52 Å². The molecule has 0 unspecified atom stereocenters. The Kier molecular flexibility index (Phi) is 5.84. The lowest BCUT2D eigenvalue weighted by molar-refractivity contribution is 0.256. The summed E-state index contributed by atoms with van der Waals surface area (Å²) in [6.07, 6.45) is 1.92. The van der Waals surface area contributed by atoms with Crippen molar-refractivity contribution in [2.24, 2.45) is 0 Å². The van der Waals surface area contributed by atoms with Gasteiger partial charge in [0.25, 0.3) is 10.0 Å². The average Bonchev–Trinajstić information content (AvgIpc) is 3.07. The third-order valence-electron chi connectivity index (χ3n) is 5.05. The van der Waals surface area contributed by atoms with Crippen LogP contribution < -0.4 is 10.0 Å². The monoisotopic (exact) mass is 417 g/mol. The molecule has 2 amide bonds. The summed E-state index contributed by atoms with van der Waals surface area (Å²) in [5, 5.41) is 10.3. The van der Waals surface area contributed by atoms with Gasteiger partial charge in [0.15, 0.2) is 0 Å². The zero-order valence-electron chi connectivity index (χ0n) is 17.1. The summed E-state index contributed by atoms with van der Waals surface area (Å²) < 4.78 is 32.8. The van der Waals surface area contributed by atoms with Gasteiger partial charge in [0, 0.05) is 29.4 Å². The van der Waals surface area contributed by atoms with E-state index < -0.39 is 16.1 Å². The van der Waals surface area contributed by atoms with Crippen molar-refractivity contribution in [3.63, 3.8) is 0 Å². The predicted molar refractivity (Wildman–Crippen MR) is 112 cm³/mol. The van der Waals surface area contributed by atoms with Gasteiger partial charge < -0.3 is 15.1 Å². The lowest BCUT2D eigenvalue weighted by atomic mass is 9.93. The van der Waals surface area contributed by atoms with Crippen LogP contribution in [0.4, 0.5) is 10.5 Å². The van der Waals surface area contributed by atoms with Crippen LogP contribution in [0.1, 0.15) is 74.8 Å². The maximum atomic E-state index is 12.7. The van der Waals surface area contributed by atoms with Gasteiger partial charge in [0.2, 0.25) is 5.09 Å². The number of aryl methyl sites for hydroxylation is 1. The number of amides is 2. The Morgan fingerprint density at radius 2 is 1.72 bits per heavy atom. The first kappa shape index (κ1) is 21.1. The molecular weight excluding hydrogens is 390 g/mol. The lowest BCUT2D eigenvalue weighted by Crippen LogP contribution is -2.34.